The number of aromatic nitrogens is 2. The summed E-state index contributed by atoms with van der Waals surface area (Å²) in [6.07, 6.45) is 0. The highest BCUT2D eigenvalue weighted by Crippen LogP contribution is 2.09. The third kappa shape index (κ3) is 1.49. The highest BCUT2D eigenvalue weighted by molar-refractivity contribution is 5.46. The van der Waals surface area contributed by atoms with E-state index in [4.69, 9.17) is 4.52 Å². The van der Waals surface area contributed by atoms with E-state index in [1.54, 1.807) is 0 Å². The van der Waals surface area contributed by atoms with E-state index in [0.29, 0.717) is 0 Å². The Morgan fingerprint density at radius 2 is 1.92 bits per heavy atom. The normalized spacial score (nSPS) is 9.67. The molecule has 66 valence electrons. The van der Waals surface area contributed by atoms with E-state index in [1.165, 1.54) is 4.69 Å². The standard InChI is InChI=1S/C7H8N2O.C2H6/c1-5-3-7-4-6(2)10-9(7)8-5;1-2/h3-4H,1-2H3;1-2H3. The lowest BCUT2D eigenvalue weighted by atomic mass is 10.4. The van der Waals surface area contributed by atoms with Gasteiger partial charge in [0.15, 0.2) is 0 Å². The molecule has 0 radical (unpaired) electrons. The van der Waals surface area contributed by atoms with E-state index in [1.807, 2.05) is 39.8 Å². The van der Waals surface area contributed by atoms with E-state index < -0.39 is 0 Å². The van der Waals surface area contributed by atoms with E-state index in [2.05, 4.69) is 5.10 Å². The van der Waals surface area contributed by atoms with Crippen molar-refractivity contribution in [2.24, 2.45) is 0 Å². The topological polar surface area (TPSA) is 30.4 Å². The number of nitrogens with zero attached hydrogens (tertiary/aromatic N) is 2. The summed E-state index contributed by atoms with van der Waals surface area (Å²) in [6, 6.07) is 3.94. The molecular weight excluding hydrogens is 152 g/mol. The second-order valence-electron chi connectivity index (χ2n) is 2.43. The van der Waals surface area contributed by atoms with Crippen molar-refractivity contribution in [3.63, 3.8) is 0 Å². The first-order valence-electron chi connectivity index (χ1n) is 4.19. The molecule has 0 spiro atoms. The molecule has 3 heteroatoms. The Labute approximate surface area is 71.9 Å². The van der Waals surface area contributed by atoms with Crippen LogP contribution in [0.15, 0.2) is 16.7 Å². The number of rotatable bonds is 0. The van der Waals surface area contributed by atoms with Crippen molar-refractivity contribution in [1.29, 1.82) is 0 Å². The Hall–Kier alpha value is -1.25. The molecular formula is C9H14N2O. The smallest absolute Gasteiger partial charge is 0.134 e. The average Bonchev–Trinajstić information content (AvgIpc) is 2.48. The average molecular weight is 166 g/mol. The molecule has 2 heterocycles. The summed E-state index contributed by atoms with van der Waals surface area (Å²) in [4.78, 5) is 0. The monoisotopic (exact) mass is 166 g/mol. The first kappa shape index (κ1) is 8.84. The molecule has 0 N–H and O–H groups in total. The van der Waals surface area contributed by atoms with Crippen molar-refractivity contribution in [1.82, 2.24) is 9.79 Å². The first-order valence-corrected chi connectivity index (χ1v) is 4.19. The van der Waals surface area contributed by atoms with Gasteiger partial charge in [-0.15, -0.1) is 5.10 Å². The lowest BCUT2D eigenvalue weighted by Gasteiger charge is -1.78. The van der Waals surface area contributed by atoms with Crippen LogP contribution in [0.25, 0.3) is 5.52 Å². The van der Waals surface area contributed by atoms with Gasteiger partial charge in [0.1, 0.15) is 11.3 Å². The van der Waals surface area contributed by atoms with E-state index >= 15 is 0 Å². The molecule has 0 fully saturated rings. The van der Waals surface area contributed by atoms with Crippen molar-refractivity contribution in [2.75, 3.05) is 0 Å². The van der Waals surface area contributed by atoms with Crippen molar-refractivity contribution < 1.29 is 4.52 Å². The molecule has 0 aliphatic carbocycles. The van der Waals surface area contributed by atoms with Gasteiger partial charge in [0.25, 0.3) is 0 Å². The van der Waals surface area contributed by atoms with Crippen molar-refractivity contribution in [3.05, 3.63) is 23.6 Å². The minimum Gasteiger partial charge on any atom is -0.362 e. The third-order valence-electron chi connectivity index (χ3n) is 1.41. The second-order valence-corrected chi connectivity index (χ2v) is 2.43. The maximum atomic E-state index is 5.19. The van der Waals surface area contributed by atoms with Crippen LogP contribution in [0.2, 0.25) is 0 Å². The minimum absolute atomic E-state index is 0.891. The minimum atomic E-state index is 0.891. The molecule has 3 nitrogen and oxygen atoms in total. The van der Waals surface area contributed by atoms with Gasteiger partial charge in [-0.1, -0.05) is 18.5 Å². The van der Waals surface area contributed by atoms with E-state index in [9.17, 15) is 0 Å². The van der Waals surface area contributed by atoms with Gasteiger partial charge >= 0.3 is 0 Å². The van der Waals surface area contributed by atoms with Crippen LogP contribution >= 0.6 is 0 Å². The summed E-state index contributed by atoms with van der Waals surface area (Å²) in [6.45, 7) is 7.85. The van der Waals surface area contributed by atoms with Gasteiger partial charge in [-0.05, 0) is 19.9 Å². The highest BCUT2D eigenvalue weighted by atomic mass is 16.5. The molecule has 0 amide bonds. The summed E-state index contributed by atoms with van der Waals surface area (Å²) in [5.74, 6) is 0.891. The van der Waals surface area contributed by atoms with Crippen LogP contribution in [0, 0.1) is 13.8 Å². The fourth-order valence-corrected chi connectivity index (χ4v) is 1.04. The van der Waals surface area contributed by atoms with Crippen LogP contribution in [-0.4, -0.2) is 9.79 Å². The zero-order valence-corrected chi connectivity index (χ0v) is 7.96. The lowest BCUT2D eigenvalue weighted by Crippen LogP contribution is -1.79. The van der Waals surface area contributed by atoms with Gasteiger partial charge in [-0.25, -0.2) is 0 Å². The molecule has 2 rings (SSSR count). The van der Waals surface area contributed by atoms with Gasteiger partial charge in [-0.3, -0.25) is 0 Å². The fraction of sp³-hybridized carbons (Fsp3) is 0.444. The molecule has 0 aliphatic heterocycles. The summed E-state index contributed by atoms with van der Waals surface area (Å²) >= 11 is 0. The predicted octanol–water partition coefficient (Wildman–Crippen LogP) is 2.57. The fourth-order valence-electron chi connectivity index (χ4n) is 1.04. The van der Waals surface area contributed by atoms with Crippen LogP contribution < -0.4 is 0 Å². The number of hydrogen-bond acceptors (Lipinski definition) is 2. The number of aryl methyl sites for hydroxylation is 2. The van der Waals surface area contributed by atoms with Crippen LogP contribution in [0.5, 0.6) is 0 Å². The Morgan fingerprint density at radius 1 is 1.25 bits per heavy atom. The summed E-state index contributed by atoms with van der Waals surface area (Å²) in [7, 11) is 0. The predicted molar refractivity (Wildman–Crippen MR) is 48.3 cm³/mol. The largest absolute Gasteiger partial charge is 0.362 e. The Kier molecular flexibility index (Phi) is 2.53. The van der Waals surface area contributed by atoms with E-state index in [-0.39, 0.29) is 0 Å². The van der Waals surface area contributed by atoms with Gasteiger partial charge in [0.05, 0.1) is 5.69 Å². The molecule has 12 heavy (non-hydrogen) atoms. The van der Waals surface area contributed by atoms with Gasteiger partial charge in [-0.2, -0.15) is 0 Å². The zero-order chi connectivity index (χ0) is 9.14. The van der Waals surface area contributed by atoms with Crippen LogP contribution in [-0.2, 0) is 0 Å². The Balaban J connectivity index is 0.000000336. The van der Waals surface area contributed by atoms with Crippen molar-refractivity contribution in [2.45, 2.75) is 27.7 Å². The van der Waals surface area contributed by atoms with Crippen molar-refractivity contribution >= 4 is 5.52 Å². The maximum Gasteiger partial charge on any atom is 0.134 e. The van der Waals surface area contributed by atoms with Crippen LogP contribution in [0.1, 0.15) is 25.3 Å². The summed E-state index contributed by atoms with van der Waals surface area (Å²) < 4.78 is 6.73. The molecule has 2 aromatic heterocycles. The SMILES string of the molecule is CC.Cc1cc2cc(C)on2n1. The summed E-state index contributed by atoms with van der Waals surface area (Å²) in [5.41, 5.74) is 2.01. The quantitative estimate of drug-likeness (QED) is 0.602. The second kappa shape index (κ2) is 3.43. The molecule has 2 aromatic rings. The molecule has 0 aromatic carbocycles. The Bertz CT molecular complexity index is 296. The zero-order valence-electron chi connectivity index (χ0n) is 7.96. The Morgan fingerprint density at radius 3 is 2.50 bits per heavy atom. The maximum absolute atomic E-state index is 5.19. The van der Waals surface area contributed by atoms with Gasteiger partial charge < -0.3 is 4.52 Å². The summed E-state index contributed by atoms with van der Waals surface area (Å²) in [5, 5.41) is 4.08. The van der Waals surface area contributed by atoms with Crippen LogP contribution in [0.4, 0.5) is 0 Å². The van der Waals surface area contributed by atoms with E-state index in [0.717, 1.165) is 17.0 Å². The molecule has 0 unspecified atom stereocenters. The van der Waals surface area contributed by atoms with Crippen molar-refractivity contribution in [3.8, 4) is 0 Å². The number of fused-ring (bicyclic) bond motifs is 1. The third-order valence-corrected chi connectivity index (χ3v) is 1.41. The number of hydrogen-bond donors (Lipinski definition) is 0. The molecule has 0 bridgehead atoms. The highest BCUT2D eigenvalue weighted by Gasteiger charge is 2.00. The molecule has 0 saturated carbocycles. The first-order chi connectivity index (χ1) is 5.75. The van der Waals surface area contributed by atoms with Crippen LogP contribution in [0.3, 0.4) is 0 Å². The van der Waals surface area contributed by atoms with Gasteiger partial charge in [0.2, 0.25) is 0 Å². The lowest BCUT2D eigenvalue weighted by molar-refractivity contribution is 0.320. The molecule has 0 saturated heterocycles. The molecule has 0 atom stereocenters. The molecule has 0 aliphatic rings. The van der Waals surface area contributed by atoms with Gasteiger partial charge in [0, 0.05) is 6.07 Å².